The van der Waals surface area contributed by atoms with Crippen molar-refractivity contribution in [3.05, 3.63) is 28.3 Å². The number of piperazine rings is 1. The summed E-state index contributed by atoms with van der Waals surface area (Å²) in [6.07, 6.45) is 0. The van der Waals surface area contributed by atoms with Crippen molar-refractivity contribution in [2.75, 3.05) is 44.8 Å². The Labute approximate surface area is 123 Å². The second-order valence-electron chi connectivity index (χ2n) is 5.17. The van der Waals surface area contributed by atoms with Crippen molar-refractivity contribution in [2.24, 2.45) is 0 Å². The van der Waals surface area contributed by atoms with E-state index in [1.54, 1.807) is 12.1 Å². The van der Waals surface area contributed by atoms with E-state index in [4.69, 9.17) is 9.84 Å². The summed E-state index contributed by atoms with van der Waals surface area (Å²) >= 11 is 0. The Hall–Kier alpha value is -1.86. The van der Waals surface area contributed by atoms with Gasteiger partial charge in [0.25, 0.3) is 0 Å². The van der Waals surface area contributed by atoms with Crippen LogP contribution in [0.5, 0.6) is 5.75 Å². The number of methoxy groups -OCH3 is 1. The van der Waals surface area contributed by atoms with Crippen molar-refractivity contribution in [2.45, 2.75) is 13.0 Å². The molecule has 0 radical (unpaired) electrons. The predicted octanol–water partition coefficient (Wildman–Crippen LogP) is 1.11. The molecule has 1 aliphatic heterocycles. The fraction of sp³-hybridized carbons (Fsp3) is 0.571. The number of nitro groups is 1. The standard InChI is InChI=1S/C14H21N3O4/c1-11-10-16(6-5-15(11)7-8-18)12-3-4-13(17(19)20)14(9-12)21-2/h3-4,9,11,18H,5-8,10H2,1-2H3/t11-/m1/s1. The van der Waals surface area contributed by atoms with Gasteiger partial charge in [0.1, 0.15) is 0 Å². The van der Waals surface area contributed by atoms with Crippen LogP contribution in [0.1, 0.15) is 6.92 Å². The normalized spacial score (nSPS) is 19.6. The maximum Gasteiger partial charge on any atom is 0.311 e. The van der Waals surface area contributed by atoms with E-state index in [0.717, 1.165) is 25.3 Å². The Morgan fingerprint density at radius 2 is 2.24 bits per heavy atom. The molecular weight excluding hydrogens is 274 g/mol. The van der Waals surface area contributed by atoms with Gasteiger partial charge in [0.05, 0.1) is 18.6 Å². The van der Waals surface area contributed by atoms with Gasteiger partial charge in [-0.1, -0.05) is 0 Å². The summed E-state index contributed by atoms with van der Waals surface area (Å²) in [6, 6.07) is 5.28. The molecule has 2 rings (SSSR count). The molecule has 1 aromatic carbocycles. The van der Waals surface area contributed by atoms with Crippen molar-refractivity contribution in [1.82, 2.24) is 4.90 Å². The van der Waals surface area contributed by atoms with Crippen LogP contribution in [0.15, 0.2) is 18.2 Å². The minimum Gasteiger partial charge on any atom is -0.490 e. The second-order valence-corrected chi connectivity index (χ2v) is 5.17. The maximum atomic E-state index is 10.9. The highest BCUT2D eigenvalue weighted by atomic mass is 16.6. The third-order valence-corrected chi connectivity index (χ3v) is 3.88. The number of hydrogen-bond acceptors (Lipinski definition) is 6. The predicted molar refractivity (Wildman–Crippen MR) is 80.0 cm³/mol. The number of nitrogens with zero attached hydrogens (tertiary/aromatic N) is 3. The van der Waals surface area contributed by atoms with Gasteiger partial charge in [0, 0.05) is 50.0 Å². The third-order valence-electron chi connectivity index (χ3n) is 3.88. The zero-order valence-electron chi connectivity index (χ0n) is 12.4. The van der Waals surface area contributed by atoms with Crippen molar-refractivity contribution >= 4 is 11.4 Å². The number of β-amino-alcohol motifs (C(OH)–C–C–N with tert-alkyl or cyclic N) is 1. The molecule has 1 heterocycles. The Balaban J connectivity index is 2.14. The zero-order valence-corrected chi connectivity index (χ0v) is 12.4. The fourth-order valence-electron chi connectivity index (χ4n) is 2.70. The maximum absolute atomic E-state index is 10.9. The van der Waals surface area contributed by atoms with Crippen molar-refractivity contribution in [3.8, 4) is 5.75 Å². The van der Waals surface area contributed by atoms with Gasteiger partial charge in [-0.15, -0.1) is 0 Å². The van der Waals surface area contributed by atoms with Crippen LogP contribution in [0.2, 0.25) is 0 Å². The SMILES string of the molecule is COc1cc(N2CCN(CCO)[C@H](C)C2)ccc1[N+](=O)[O-]. The lowest BCUT2D eigenvalue weighted by molar-refractivity contribution is -0.385. The summed E-state index contributed by atoms with van der Waals surface area (Å²) in [6.45, 7) is 5.46. The monoisotopic (exact) mass is 295 g/mol. The van der Waals surface area contributed by atoms with Gasteiger partial charge in [0.15, 0.2) is 5.75 Å². The van der Waals surface area contributed by atoms with E-state index in [1.807, 2.05) is 0 Å². The molecule has 1 saturated heterocycles. The molecule has 0 saturated carbocycles. The molecule has 116 valence electrons. The number of nitro benzene ring substituents is 1. The summed E-state index contributed by atoms with van der Waals surface area (Å²) in [4.78, 5) is 14.9. The molecule has 1 atom stereocenters. The van der Waals surface area contributed by atoms with E-state index >= 15 is 0 Å². The van der Waals surface area contributed by atoms with Gasteiger partial charge < -0.3 is 14.7 Å². The molecule has 0 unspecified atom stereocenters. The lowest BCUT2D eigenvalue weighted by Gasteiger charge is -2.40. The van der Waals surface area contributed by atoms with Crippen LogP contribution in [0, 0.1) is 10.1 Å². The molecule has 1 fully saturated rings. The van der Waals surface area contributed by atoms with Crippen LogP contribution in [0.4, 0.5) is 11.4 Å². The van der Waals surface area contributed by atoms with E-state index < -0.39 is 4.92 Å². The highest BCUT2D eigenvalue weighted by Gasteiger charge is 2.25. The van der Waals surface area contributed by atoms with Gasteiger partial charge in [-0.2, -0.15) is 0 Å². The minimum atomic E-state index is -0.440. The zero-order chi connectivity index (χ0) is 15.4. The number of anilines is 1. The second kappa shape index (κ2) is 6.73. The summed E-state index contributed by atoms with van der Waals surface area (Å²) in [5.74, 6) is 0.281. The van der Waals surface area contributed by atoms with E-state index in [1.165, 1.54) is 13.2 Å². The van der Waals surface area contributed by atoms with E-state index in [9.17, 15) is 10.1 Å². The number of aliphatic hydroxyl groups excluding tert-OH is 1. The topological polar surface area (TPSA) is 79.1 Å². The van der Waals surface area contributed by atoms with Crippen LogP contribution in [0.3, 0.4) is 0 Å². The van der Waals surface area contributed by atoms with Crippen molar-refractivity contribution in [1.29, 1.82) is 0 Å². The first-order valence-electron chi connectivity index (χ1n) is 6.99. The minimum absolute atomic E-state index is 0.0202. The number of hydrogen-bond donors (Lipinski definition) is 1. The molecule has 0 spiro atoms. The van der Waals surface area contributed by atoms with Crippen LogP contribution >= 0.6 is 0 Å². The Bertz CT molecular complexity index is 509. The highest BCUT2D eigenvalue weighted by molar-refractivity contribution is 5.59. The smallest absolute Gasteiger partial charge is 0.311 e. The lowest BCUT2D eigenvalue weighted by Crippen LogP contribution is -2.52. The Morgan fingerprint density at radius 1 is 1.48 bits per heavy atom. The fourth-order valence-corrected chi connectivity index (χ4v) is 2.70. The van der Waals surface area contributed by atoms with Crippen LogP contribution in [0.25, 0.3) is 0 Å². The first-order chi connectivity index (χ1) is 10.1. The lowest BCUT2D eigenvalue weighted by atomic mass is 10.1. The summed E-state index contributed by atoms with van der Waals surface area (Å²) in [5.41, 5.74) is 0.904. The Kier molecular flexibility index (Phi) is 4.98. The molecule has 7 heteroatoms. The largest absolute Gasteiger partial charge is 0.490 e. The first kappa shape index (κ1) is 15.5. The molecule has 0 bridgehead atoms. The molecule has 1 aliphatic rings. The van der Waals surface area contributed by atoms with Crippen LogP contribution in [-0.2, 0) is 0 Å². The third kappa shape index (κ3) is 3.43. The van der Waals surface area contributed by atoms with Gasteiger partial charge in [-0.25, -0.2) is 0 Å². The molecule has 0 aliphatic carbocycles. The van der Waals surface area contributed by atoms with E-state index in [-0.39, 0.29) is 18.0 Å². The molecule has 7 nitrogen and oxygen atoms in total. The van der Waals surface area contributed by atoms with Crippen LogP contribution in [-0.4, -0.2) is 60.9 Å². The summed E-state index contributed by atoms with van der Waals surface area (Å²) in [7, 11) is 1.44. The van der Waals surface area contributed by atoms with Crippen molar-refractivity contribution < 1.29 is 14.8 Å². The molecule has 21 heavy (non-hydrogen) atoms. The number of ether oxygens (including phenoxy) is 1. The summed E-state index contributed by atoms with van der Waals surface area (Å²) in [5, 5.41) is 20.0. The average Bonchev–Trinajstić information content (AvgIpc) is 2.48. The number of benzene rings is 1. The van der Waals surface area contributed by atoms with Gasteiger partial charge in [-0.3, -0.25) is 15.0 Å². The Morgan fingerprint density at radius 3 is 2.81 bits per heavy atom. The molecular formula is C14H21N3O4. The van der Waals surface area contributed by atoms with Gasteiger partial charge in [-0.05, 0) is 13.0 Å². The van der Waals surface area contributed by atoms with E-state index in [0.29, 0.717) is 12.6 Å². The van der Waals surface area contributed by atoms with Crippen molar-refractivity contribution in [3.63, 3.8) is 0 Å². The molecule has 1 aromatic rings. The number of aliphatic hydroxyl groups is 1. The van der Waals surface area contributed by atoms with E-state index in [2.05, 4.69) is 16.7 Å². The molecule has 0 amide bonds. The quantitative estimate of drug-likeness (QED) is 0.647. The average molecular weight is 295 g/mol. The first-order valence-corrected chi connectivity index (χ1v) is 6.99. The molecule has 1 N–H and O–H groups in total. The highest BCUT2D eigenvalue weighted by Crippen LogP contribution is 2.32. The molecule has 0 aromatic heterocycles. The number of rotatable bonds is 5. The van der Waals surface area contributed by atoms with Gasteiger partial charge >= 0.3 is 5.69 Å². The van der Waals surface area contributed by atoms with Gasteiger partial charge in [0.2, 0.25) is 0 Å². The van der Waals surface area contributed by atoms with Crippen LogP contribution < -0.4 is 9.64 Å². The summed E-state index contributed by atoms with van der Waals surface area (Å²) < 4.78 is 5.11.